The first-order valence-corrected chi connectivity index (χ1v) is 6.57. The summed E-state index contributed by atoms with van der Waals surface area (Å²) < 4.78 is 14.0. The van der Waals surface area contributed by atoms with Crippen molar-refractivity contribution in [3.8, 4) is 0 Å². The van der Waals surface area contributed by atoms with E-state index in [0.717, 1.165) is 12.8 Å². The van der Waals surface area contributed by atoms with Crippen LogP contribution in [0, 0.1) is 11.7 Å². The number of nitrogens with one attached hydrogen (secondary N) is 1. The molecule has 1 heterocycles. The molecule has 3 N–H and O–H groups in total. The Morgan fingerprint density at radius 2 is 2.37 bits per heavy atom. The molecule has 104 valence electrons. The van der Waals surface area contributed by atoms with Gasteiger partial charge in [0.1, 0.15) is 0 Å². The van der Waals surface area contributed by atoms with Crippen LogP contribution in [0.4, 0.5) is 10.2 Å². The van der Waals surface area contributed by atoms with E-state index in [2.05, 4.69) is 10.4 Å². The molecule has 0 radical (unpaired) electrons. The van der Waals surface area contributed by atoms with E-state index in [4.69, 9.17) is 5.84 Å². The molecule has 2 rings (SSSR count). The molecule has 1 aromatic heterocycles. The number of rotatable bonds is 5. The number of nitrogen functional groups attached to an aromatic ring is 1. The monoisotopic (exact) mass is 266 g/mol. The van der Waals surface area contributed by atoms with E-state index >= 15 is 0 Å². The highest BCUT2D eigenvalue weighted by Crippen LogP contribution is 2.27. The van der Waals surface area contributed by atoms with Gasteiger partial charge in [0.2, 0.25) is 0 Å². The number of pyridine rings is 1. The summed E-state index contributed by atoms with van der Waals surface area (Å²) in [5.74, 6) is 4.62. The quantitative estimate of drug-likeness (QED) is 0.629. The molecule has 0 aromatic carbocycles. The first kappa shape index (κ1) is 13.7. The third kappa shape index (κ3) is 2.84. The number of anilines is 1. The van der Waals surface area contributed by atoms with Crippen LogP contribution in [0.15, 0.2) is 12.3 Å². The fraction of sp³-hybridized carbons (Fsp3) is 0.538. The molecule has 1 saturated carbocycles. The summed E-state index contributed by atoms with van der Waals surface area (Å²) in [5.41, 5.74) is 2.17. The van der Waals surface area contributed by atoms with Gasteiger partial charge < -0.3 is 10.3 Å². The first-order valence-electron chi connectivity index (χ1n) is 6.57. The van der Waals surface area contributed by atoms with Gasteiger partial charge in [0.05, 0.1) is 5.56 Å². The zero-order chi connectivity index (χ0) is 13.8. The molecule has 1 aliphatic rings. The van der Waals surface area contributed by atoms with Gasteiger partial charge in [-0.05, 0) is 31.7 Å². The number of hydrogen-bond donors (Lipinski definition) is 2. The summed E-state index contributed by atoms with van der Waals surface area (Å²) in [7, 11) is 0. The first-order chi connectivity index (χ1) is 9.17. The number of nitrogens with zero attached hydrogens (tertiary/aromatic N) is 2. The predicted molar refractivity (Wildman–Crippen MR) is 70.9 cm³/mol. The van der Waals surface area contributed by atoms with Crippen molar-refractivity contribution in [3.63, 3.8) is 0 Å². The highest BCUT2D eigenvalue weighted by molar-refractivity contribution is 5.95. The second-order valence-electron chi connectivity index (χ2n) is 4.81. The van der Waals surface area contributed by atoms with E-state index in [1.54, 1.807) is 4.90 Å². The predicted octanol–water partition coefficient (Wildman–Crippen LogP) is 1.77. The van der Waals surface area contributed by atoms with Gasteiger partial charge in [0.15, 0.2) is 11.6 Å². The highest BCUT2D eigenvalue weighted by atomic mass is 19.1. The molecule has 5 nitrogen and oxygen atoms in total. The minimum atomic E-state index is -0.693. The van der Waals surface area contributed by atoms with Crippen molar-refractivity contribution in [2.24, 2.45) is 11.8 Å². The molecule has 0 spiro atoms. The molecule has 0 bridgehead atoms. The van der Waals surface area contributed by atoms with Crippen molar-refractivity contribution in [2.75, 3.05) is 18.5 Å². The van der Waals surface area contributed by atoms with E-state index in [1.165, 1.54) is 18.7 Å². The fourth-order valence-corrected chi connectivity index (χ4v) is 2.22. The SMILES string of the molecule is CCN(CC1CCC1)C(=O)c1ccnc(NN)c1F. The van der Waals surface area contributed by atoms with Crippen molar-refractivity contribution in [3.05, 3.63) is 23.6 Å². The molecule has 0 aliphatic heterocycles. The largest absolute Gasteiger partial charge is 0.339 e. The maximum Gasteiger partial charge on any atom is 0.257 e. The van der Waals surface area contributed by atoms with Crippen LogP contribution in [0.1, 0.15) is 36.5 Å². The van der Waals surface area contributed by atoms with E-state index in [9.17, 15) is 9.18 Å². The molecule has 19 heavy (non-hydrogen) atoms. The van der Waals surface area contributed by atoms with E-state index in [1.807, 2.05) is 6.92 Å². The second-order valence-corrected chi connectivity index (χ2v) is 4.81. The minimum Gasteiger partial charge on any atom is -0.339 e. The average molecular weight is 266 g/mol. The zero-order valence-electron chi connectivity index (χ0n) is 11.0. The van der Waals surface area contributed by atoms with Crippen LogP contribution < -0.4 is 11.3 Å². The lowest BCUT2D eigenvalue weighted by molar-refractivity contribution is 0.0701. The number of hydrazine groups is 1. The van der Waals surface area contributed by atoms with Crippen molar-refractivity contribution in [1.82, 2.24) is 9.88 Å². The lowest BCUT2D eigenvalue weighted by atomic mass is 9.85. The van der Waals surface area contributed by atoms with Crippen LogP contribution in [0.3, 0.4) is 0 Å². The molecule has 6 heteroatoms. The number of amides is 1. The van der Waals surface area contributed by atoms with Crippen LogP contribution in [0.5, 0.6) is 0 Å². The summed E-state index contributed by atoms with van der Waals surface area (Å²) in [6, 6.07) is 1.39. The lowest BCUT2D eigenvalue weighted by Gasteiger charge is -2.31. The third-order valence-electron chi connectivity index (χ3n) is 3.63. The van der Waals surface area contributed by atoms with E-state index in [-0.39, 0.29) is 17.3 Å². The van der Waals surface area contributed by atoms with Gasteiger partial charge in [-0.15, -0.1) is 0 Å². The maximum atomic E-state index is 14.0. The molecular formula is C13H19FN4O. The Hall–Kier alpha value is -1.69. The number of hydrogen-bond acceptors (Lipinski definition) is 4. The summed E-state index contributed by atoms with van der Waals surface area (Å²) in [6.07, 6.45) is 4.90. The Labute approximate surface area is 112 Å². The maximum absolute atomic E-state index is 14.0. The van der Waals surface area contributed by atoms with Gasteiger partial charge in [-0.2, -0.15) is 0 Å². The standard InChI is InChI=1S/C13H19FN4O/c1-2-18(8-9-4-3-5-9)13(19)10-6-7-16-12(17-15)11(10)14/h6-7,9H,2-5,8,15H2,1H3,(H,16,17). The van der Waals surface area contributed by atoms with Gasteiger partial charge in [-0.25, -0.2) is 15.2 Å². The number of carbonyl (C=O) groups is 1. The van der Waals surface area contributed by atoms with Gasteiger partial charge in [-0.3, -0.25) is 4.79 Å². The van der Waals surface area contributed by atoms with Crippen LogP contribution in [-0.2, 0) is 0 Å². The van der Waals surface area contributed by atoms with Crippen molar-refractivity contribution in [1.29, 1.82) is 0 Å². The summed E-state index contributed by atoms with van der Waals surface area (Å²) in [4.78, 5) is 17.7. The molecule has 1 aromatic rings. The molecule has 1 amide bonds. The number of halogens is 1. The Bertz CT molecular complexity index is 462. The van der Waals surface area contributed by atoms with Crippen LogP contribution >= 0.6 is 0 Å². The highest BCUT2D eigenvalue weighted by Gasteiger charge is 2.25. The fourth-order valence-electron chi connectivity index (χ4n) is 2.22. The van der Waals surface area contributed by atoms with Crippen LogP contribution in [0.25, 0.3) is 0 Å². The molecule has 0 unspecified atom stereocenters. The molecule has 1 fully saturated rings. The van der Waals surface area contributed by atoms with Crippen molar-refractivity contribution >= 4 is 11.7 Å². The molecule has 0 atom stereocenters. The Morgan fingerprint density at radius 3 is 2.89 bits per heavy atom. The third-order valence-corrected chi connectivity index (χ3v) is 3.63. The zero-order valence-corrected chi connectivity index (χ0v) is 11.0. The van der Waals surface area contributed by atoms with Gasteiger partial charge in [-0.1, -0.05) is 6.42 Å². The minimum absolute atomic E-state index is 0.0177. The van der Waals surface area contributed by atoms with Crippen LogP contribution in [0.2, 0.25) is 0 Å². The normalized spacial score (nSPS) is 14.9. The Kier molecular flexibility index (Phi) is 4.31. The lowest BCUT2D eigenvalue weighted by Crippen LogP contribution is -2.37. The summed E-state index contributed by atoms with van der Waals surface area (Å²) >= 11 is 0. The van der Waals surface area contributed by atoms with Gasteiger partial charge in [0, 0.05) is 19.3 Å². The van der Waals surface area contributed by atoms with E-state index < -0.39 is 5.82 Å². The number of nitrogens with two attached hydrogens (primary N) is 1. The second kappa shape index (κ2) is 5.97. The Balaban J connectivity index is 2.16. The van der Waals surface area contributed by atoms with Crippen LogP contribution in [-0.4, -0.2) is 28.9 Å². The Morgan fingerprint density at radius 1 is 1.63 bits per heavy atom. The van der Waals surface area contributed by atoms with Gasteiger partial charge >= 0.3 is 0 Å². The molecular weight excluding hydrogens is 247 g/mol. The van der Waals surface area contributed by atoms with E-state index in [0.29, 0.717) is 19.0 Å². The summed E-state index contributed by atoms with van der Waals surface area (Å²) in [5, 5.41) is 0. The van der Waals surface area contributed by atoms with Gasteiger partial charge in [0.25, 0.3) is 5.91 Å². The smallest absolute Gasteiger partial charge is 0.257 e. The van der Waals surface area contributed by atoms with Crippen molar-refractivity contribution in [2.45, 2.75) is 26.2 Å². The average Bonchev–Trinajstić information content (AvgIpc) is 2.37. The summed E-state index contributed by atoms with van der Waals surface area (Å²) in [6.45, 7) is 3.17. The molecule has 0 saturated heterocycles. The number of aromatic nitrogens is 1. The molecule has 1 aliphatic carbocycles. The number of carbonyl (C=O) groups excluding carboxylic acids is 1. The van der Waals surface area contributed by atoms with Crippen molar-refractivity contribution < 1.29 is 9.18 Å². The topological polar surface area (TPSA) is 71.2 Å².